The standard InChI is InChI=1S/C18H24N2O3/c1-2-23-18(22)11-14-7-9-20(10-8-14)13-17(21)16-5-3-15(12-19)4-6-16/h3-6,14,17,21H,2,7-11,13H2,1H3. The Hall–Kier alpha value is -1.90. The first-order valence-electron chi connectivity index (χ1n) is 8.18. The molecule has 0 saturated carbocycles. The van der Waals surface area contributed by atoms with Crippen molar-refractivity contribution in [3.63, 3.8) is 0 Å². The summed E-state index contributed by atoms with van der Waals surface area (Å²) in [7, 11) is 0. The number of nitrogens with zero attached hydrogens (tertiary/aromatic N) is 2. The van der Waals surface area contributed by atoms with Gasteiger partial charge in [0.15, 0.2) is 0 Å². The van der Waals surface area contributed by atoms with E-state index in [0.717, 1.165) is 31.5 Å². The molecule has 23 heavy (non-hydrogen) atoms. The van der Waals surface area contributed by atoms with Crippen LogP contribution in [0.3, 0.4) is 0 Å². The van der Waals surface area contributed by atoms with Gasteiger partial charge in [-0.2, -0.15) is 5.26 Å². The van der Waals surface area contributed by atoms with Gasteiger partial charge in [0.05, 0.1) is 24.3 Å². The molecular weight excluding hydrogens is 292 g/mol. The molecule has 1 saturated heterocycles. The van der Waals surface area contributed by atoms with Crippen LogP contribution in [-0.4, -0.2) is 42.2 Å². The highest BCUT2D eigenvalue weighted by molar-refractivity contribution is 5.69. The van der Waals surface area contributed by atoms with Gasteiger partial charge in [-0.05, 0) is 56.5 Å². The quantitative estimate of drug-likeness (QED) is 0.815. The number of hydrogen-bond donors (Lipinski definition) is 1. The Bertz CT molecular complexity index is 542. The number of ether oxygens (including phenoxy) is 1. The van der Waals surface area contributed by atoms with Gasteiger partial charge in [-0.1, -0.05) is 12.1 Å². The number of carbonyl (C=O) groups is 1. The van der Waals surface area contributed by atoms with Gasteiger partial charge >= 0.3 is 5.97 Å². The van der Waals surface area contributed by atoms with Crippen molar-refractivity contribution in [1.29, 1.82) is 5.26 Å². The van der Waals surface area contributed by atoms with Crippen molar-refractivity contribution in [2.45, 2.75) is 32.3 Å². The van der Waals surface area contributed by atoms with Crippen molar-refractivity contribution >= 4 is 5.97 Å². The maximum atomic E-state index is 11.5. The number of carbonyl (C=O) groups excluding carboxylic acids is 1. The Morgan fingerprint density at radius 1 is 1.39 bits per heavy atom. The fourth-order valence-corrected chi connectivity index (χ4v) is 2.96. The van der Waals surface area contributed by atoms with Crippen LogP contribution < -0.4 is 0 Å². The van der Waals surface area contributed by atoms with Crippen molar-refractivity contribution in [3.05, 3.63) is 35.4 Å². The average molecular weight is 316 g/mol. The van der Waals surface area contributed by atoms with E-state index in [1.165, 1.54) is 0 Å². The minimum absolute atomic E-state index is 0.108. The molecule has 5 heteroatoms. The fraction of sp³-hybridized carbons (Fsp3) is 0.556. The number of aliphatic hydroxyl groups excluding tert-OH is 1. The van der Waals surface area contributed by atoms with Crippen LogP contribution in [0.25, 0.3) is 0 Å². The number of benzene rings is 1. The Kier molecular flexibility index (Phi) is 6.57. The van der Waals surface area contributed by atoms with Gasteiger partial charge < -0.3 is 14.7 Å². The number of esters is 1. The molecule has 1 fully saturated rings. The molecule has 0 amide bonds. The molecule has 1 aromatic carbocycles. The molecular formula is C18H24N2O3. The largest absolute Gasteiger partial charge is 0.466 e. The van der Waals surface area contributed by atoms with E-state index >= 15 is 0 Å². The first-order chi connectivity index (χ1) is 11.1. The number of aliphatic hydroxyl groups is 1. The van der Waals surface area contributed by atoms with Crippen molar-refractivity contribution < 1.29 is 14.6 Å². The summed E-state index contributed by atoms with van der Waals surface area (Å²) in [6.45, 7) is 4.62. The molecule has 1 N–H and O–H groups in total. The van der Waals surface area contributed by atoms with Crippen LogP contribution in [0.15, 0.2) is 24.3 Å². The first-order valence-corrected chi connectivity index (χ1v) is 8.18. The molecule has 2 rings (SSSR count). The van der Waals surface area contributed by atoms with Crippen LogP contribution in [-0.2, 0) is 9.53 Å². The zero-order valence-corrected chi connectivity index (χ0v) is 13.6. The van der Waals surface area contributed by atoms with E-state index in [9.17, 15) is 9.90 Å². The highest BCUT2D eigenvalue weighted by Crippen LogP contribution is 2.23. The summed E-state index contributed by atoms with van der Waals surface area (Å²) in [4.78, 5) is 13.7. The van der Waals surface area contributed by atoms with Crippen molar-refractivity contribution in [2.24, 2.45) is 5.92 Å². The van der Waals surface area contributed by atoms with E-state index in [0.29, 0.717) is 31.1 Å². The van der Waals surface area contributed by atoms with Crippen LogP contribution in [0, 0.1) is 17.2 Å². The van der Waals surface area contributed by atoms with Gasteiger partial charge in [0.2, 0.25) is 0 Å². The van der Waals surface area contributed by atoms with Crippen molar-refractivity contribution in [3.8, 4) is 6.07 Å². The molecule has 1 atom stereocenters. The van der Waals surface area contributed by atoms with Gasteiger partial charge in [-0.25, -0.2) is 0 Å². The molecule has 1 aromatic rings. The lowest BCUT2D eigenvalue weighted by Crippen LogP contribution is -2.37. The molecule has 1 unspecified atom stereocenters. The van der Waals surface area contributed by atoms with Crippen molar-refractivity contribution in [1.82, 2.24) is 4.90 Å². The molecule has 0 spiro atoms. The Balaban J connectivity index is 1.77. The van der Waals surface area contributed by atoms with Crippen LogP contribution in [0.1, 0.15) is 43.4 Å². The highest BCUT2D eigenvalue weighted by atomic mass is 16.5. The molecule has 1 aliphatic heterocycles. The smallest absolute Gasteiger partial charge is 0.306 e. The second-order valence-corrected chi connectivity index (χ2v) is 6.00. The van der Waals surface area contributed by atoms with Gasteiger partial charge in [-0.3, -0.25) is 4.79 Å². The number of rotatable bonds is 6. The second kappa shape index (κ2) is 8.66. The zero-order valence-electron chi connectivity index (χ0n) is 13.6. The molecule has 0 aromatic heterocycles. The first kappa shape index (κ1) is 17.5. The van der Waals surface area contributed by atoms with Crippen LogP contribution >= 0.6 is 0 Å². The predicted octanol–water partition coefficient (Wildman–Crippen LogP) is 2.26. The normalized spacial score (nSPS) is 17.4. The lowest BCUT2D eigenvalue weighted by Gasteiger charge is -2.32. The molecule has 0 aliphatic carbocycles. The van der Waals surface area contributed by atoms with Gasteiger partial charge in [-0.15, -0.1) is 0 Å². The minimum atomic E-state index is -0.552. The van der Waals surface area contributed by atoms with Gasteiger partial charge in [0.25, 0.3) is 0 Å². The average Bonchev–Trinajstić information content (AvgIpc) is 2.57. The SMILES string of the molecule is CCOC(=O)CC1CCN(CC(O)c2ccc(C#N)cc2)CC1. The number of likely N-dealkylation sites (tertiary alicyclic amines) is 1. The summed E-state index contributed by atoms with van der Waals surface area (Å²) in [5, 5.41) is 19.1. The van der Waals surface area contributed by atoms with Gasteiger partial charge in [0.1, 0.15) is 0 Å². The summed E-state index contributed by atoms with van der Waals surface area (Å²) in [6.07, 6.45) is 1.86. The van der Waals surface area contributed by atoms with Gasteiger partial charge in [0, 0.05) is 13.0 Å². The van der Waals surface area contributed by atoms with E-state index < -0.39 is 6.10 Å². The lowest BCUT2D eigenvalue weighted by atomic mass is 9.93. The molecule has 0 bridgehead atoms. The fourth-order valence-electron chi connectivity index (χ4n) is 2.96. The third-order valence-corrected chi connectivity index (χ3v) is 4.32. The van der Waals surface area contributed by atoms with Crippen LogP contribution in [0.5, 0.6) is 0 Å². The third kappa shape index (κ3) is 5.34. The zero-order chi connectivity index (χ0) is 16.7. The number of β-amino-alcohol motifs (C(OH)–C–C–N with tert-alkyl or cyclic N) is 1. The topological polar surface area (TPSA) is 73.6 Å². The molecule has 1 aliphatic rings. The summed E-state index contributed by atoms with van der Waals surface area (Å²) < 4.78 is 5.00. The maximum absolute atomic E-state index is 11.5. The minimum Gasteiger partial charge on any atom is -0.466 e. The number of piperidine rings is 1. The summed E-state index contributed by atoms with van der Waals surface area (Å²) >= 11 is 0. The molecule has 0 radical (unpaired) electrons. The Morgan fingerprint density at radius 2 is 2.04 bits per heavy atom. The van der Waals surface area contributed by atoms with E-state index in [-0.39, 0.29) is 5.97 Å². The number of nitriles is 1. The van der Waals surface area contributed by atoms with E-state index in [4.69, 9.17) is 10.00 Å². The van der Waals surface area contributed by atoms with E-state index in [1.54, 1.807) is 24.3 Å². The Morgan fingerprint density at radius 3 is 2.61 bits per heavy atom. The predicted molar refractivity (Wildman–Crippen MR) is 86.5 cm³/mol. The maximum Gasteiger partial charge on any atom is 0.306 e. The lowest BCUT2D eigenvalue weighted by molar-refractivity contribution is -0.144. The Labute approximate surface area is 137 Å². The van der Waals surface area contributed by atoms with E-state index in [2.05, 4.69) is 11.0 Å². The third-order valence-electron chi connectivity index (χ3n) is 4.32. The van der Waals surface area contributed by atoms with E-state index in [1.807, 2.05) is 6.92 Å². The molecule has 5 nitrogen and oxygen atoms in total. The van der Waals surface area contributed by atoms with Crippen LogP contribution in [0.2, 0.25) is 0 Å². The second-order valence-electron chi connectivity index (χ2n) is 6.00. The summed E-state index contributed by atoms with van der Waals surface area (Å²) in [5.74, 6) is 0.279. The van der Waals surface area contributed by atoms with Crippen molar-refractivity contribution in [2.75, 3.05) is 26.2 Å². The van der Waals surface area contributed by atoms with Crippen LogP contribution in [0.4, 0.5) is 0 Å². The summed E-state index contributed by atoms with van der Waals surface area (Å²) in [6, 6.07) is 9.13. The highest BCUT2D eigenvalue weighted by Gasteiger charge is 2.23. The molecule has 124 valence electrons. The monoisotopic (exact) mass is 316 g/mol. The molecule has 1 heterocycles. The number of hydrogen-bond acceptors (Lipinski definition) is 5. The summed E-state index contributed by atoms with van der Waals surface area (Å²) in [5.41, 5.74) is 1.43.